The highest BCUT2D eigenvalue weighted by molar-refractivity contribution is 7.77. The fraction of sp³-hybridized carbons (Fsp3) is 0.250. The number of carbonyl (C=O) groups excluding carboxylic acids is 1. The second-order valence-corrected chi connectivity index (χ2v) is 3.41. The number of hydrogen-bond donors (Lipinski definition) is 3. The third-order valence-electron chi connectivity index (χ3n) is 1.94. The van der Waals surface area contributed by atoms with Crippen LogP contribution in [0.15, 0.2) is 28.5 Å². The zero-order chi connectivity index (χ0) is 11.7. The summed E-state index contributed by atoms with van der Waals surface area (Å²) in [6.07, 6.45) is 2.79. The average Bonchev–Trinajstić information content (AvgIpc) is 2.60. The van der Waals surface area contributed by atoms with Crippen LogP contribution in [-0.2, 0) is 9.53 Å². The van der Waals surface area contributed by atoms with E-state index in [-0.39, 0.29) is 18.1 Å². The van der Waals surface area contributed by atoms with Crippen molar-refractivity contribution in [3.05, 3.63) is 23.5 Å². The predicted molar refractivity (Wildman–Crippen MR) is 58.7 cm³/mol. The lowest BCUT2D eigenvalue weighted by Crippen LogP contribution is -2.38. The Morgan fingerprint density at radius 2 is 2.50 bits per heavy atom. The summed E-state index contributed by atoms with van der Waals surface area (Å²) in [5.41, 5.74) is 2.64. The quantitative estimate of drug-likeness (QED) is 0.470. The zero-order valence-electron chi connectivity index (χ0n) is 8.41. The Morgan fingerprint density at radius 3 is 3.19 bits per heavy atom. The Morgan fingerprint density at radius 1 is 1.75 bits per heavy atom. The zero-order valence-corrected chi connectivity index (χ0v) is 9.31. The standard InChI is InChI=1S/C8H10N4O3S/c1-2-15-8(14)5-3-9-6-4-11(16)10-12(6)7(5)13/h3-4,10,13,16H,2H2,1H3. The van der Waals surface area contributed by atoms with Crippen molar-refractivity contribution in [2.45, 2.75) is 6.92 Å². The van der Waals surface area contributed by atoms with Crippen molar-refractivity contribution in [2.75, 3.05) is 6.61 Å². The molecule has 0 radical (unpaired) electrons. The highest BCUT2D eigenvalue weighted by Crippen LogP contribution is 2.23. The van der Waals surface area contributed by atoms with Gasteiger partial charge < -0.3 is 9.84 Å². The summed E-state index contributed by atoms with van der Waals surface area (Å²) in [6, 6.07) is 0. The lowest BCUT2D eigenvalue weighted by Gasteiger charge is -2.22. The van der Waals surface area contributed by atoms with Gasteiger partial charge in [-0.1, -0.05) is 0 Å². The van der Waals surface area contributed by atoms with Crippen LogP contribution in [0.5, 0.6) is 0 Å². The van der Waals surface area contributed by atoms with E-state index in [9.17, 15) is 9.90 Å². The van der Waals surface area contributed by atoms with E-state index in [2.05, 4.69) is 23.3 Å². The van der Waals surface area contributed by atoms with Crippen LogP contribution in [0.4, 0.5) is 0 Å². The monoisotopic (exact) mass is 242 g/mol. The van der Waals surface area contributed by atoms with Crippen LogP contribution in [0.3, 0.4) is 0 Å². The Balaban J connectivity index is 2.26. The third-order valence-corrected chi connectivity index (χ3v) is 2.15. The summed E-state index contributed by atoms with van der Waals surface area (Å²) in [5, 5.41) is 11.0. The van der Waals surface area contributed by atoms with E-state index in [1.165, 1.54) is 21.8 Å². The number of ether oxygens (including phenoxy) is 1. The molecule has 0 aromatic carbocycles. The molecule has 0 aromatic rings. The van der Waals surface area contributed by atoms with Gasteiger partial charge in [-0.25, -0.2) is 19.2 Å². The maximum absolute atomic E-state index is 11.4. The Kier molecular flexibility index (Phi) is 2.75. The summed E-state index contributed by atoms with van der Waals surface area (Å²) >= 11 is 3.99. The Bertz CT molecular complexity index is 418. The van der Waals surface area contributed by atoms with Gasteiger partial charge in [0.15, 0.2) is 5.82 Å². The number of hydrazine groups is 2. The molecule has 0 spiro atoms. The van der Waals surface area contributed by atoms with Crippen molar-refractivity contribution >= 4 is 25.0 Å². The maximum Gasteiger partial charge on any atom is 0.345 e. The fourth-order valence-electron chi connectivity index (χ4n) is 1.26. The Hall–Kier alpha value is -1.67. The fourth-order valence-corrected chi connectivity index (χ4v) is 1.45. The van der Waals surface area contributed by atoms with Gasteiger partial charge >= 0.3 is 5.97 Å². The summed E-state index contributed by atoms with van der Waals surface area (Å²) in [7, 11) is 0. The number of hydrogen-bond acceptors (Lipinski definition) is 8. The first-order valence-corrected chi connectivity index (χ1v) is 4.94. The maximum atomic E-state index is 11.4. The van der Waals surface area contributed by atoms with Gasteiger partial charge in [-0.15, -0.1) is 5.53 Å². The number of aliphatic hydroxyl groups is 1. The second kappa shape index (κ2) is 4.06. The van der Waals surface area contributed by atoms with E-state index in [4.69, 9.17) is 4.74 Å². The van der Waals surface area contributed by atoms with Crippen LogP contribution in [0, 0.1) is 0 Å². The molecule has 8 heteroatoms. The molecule has 2 rings (SSSR count). The summed E-state index contributed by atoms with van der Waals surface area (Å²) in [4.78, 5) is 15.4. The number of thiol groups is 1. The largest absolute Gasteiger partial charge is 0.493 e. The first kappa shape index (κ1) is 10.8. The van der Waals surface area contributed by atoms with Crippen molar-refractivity contribution in [1.82, 2.24) is 15.0 Å². The lowest BCUT2D eigenvalue weighted by atomic mass is 10.2. The number of nitrogens with zero attached hydrogens (tertiary/aromatic N) is 3. The molecule has 0 unspecified atom stereocenters. The molecule has 2 aliphatic heterocycles. The van der Waals surface area contributed by atoms with Crippen LogP contribution in [0.2, 0.25) is 0 Å². The van der Waals surface area contributed by atoms with Gasteiger partial charge in [0.05, 0.1) is 12.8 Å². The number of rotatable bonds is 2. The number of esters is 1. The minimum absolute atomic E-state index is 0.00451. The van der Waals surface area contributed by atoms with Gasteiger partial charge in [-0.3, -0.25) is 0 Å². The van der Waals surface area contributed by atoms with Gasteiger partial charge in [0.2, 0.25) is 5.88 Å². The number of fused-ring (bicyclic) bond motifs is 1. The number of carbonyl (C=O) groups is 1. The van der Waals surface area contributed by atoms with Gasteiger partial charge in [-0.05, 0) is 19.7 Å². The van der Waals surface area contributed by atoms with Crippen molar-refractivity contribution in [1.29, 1.82) is 0 Å². The van der Waals surface area contributed by atoms with Crippen LogP contribution in [-0.4, -0.2) is 33.3 Å². The smallest absolute Gasteiger partial charge is 0.345 e. The Labute approximate surface area is 97.2 Å². The van der Waals surface area contributed by atoms with Crippen molar-refractivity contribution in [2.24, 2.45) is 4.99 Å². The van der Waals surface area contributed by atoms with Gasteiger partial charge in [-0.2, -0.15) is 0 Å². The number of aliphatic hydroxyl groups excluding tert-OH is 1. The molecule has 7 nitrogen and oxygen atoms in total. The van der Waals surface area contributed by atoms with E-state index in [1.54, 1.807) is 6.92 Å². The minimum Gasteiger partial charge on any atom is -0.493 e. The van der Waals surface area contributed by atoms with Gasteiger partial charge in [0.25, 0.3) is 0 Å². The molecule has 86 valence electrons. The second-order valence-electron chi connectivity index (χ2n) is 2.98. The summed E-state index contributed by atoms with van der Waals surface area (Å²) in [6.45, 7) is 1.92. The highest BCUT2D eigenvalue weighted by atomic mass is 32.1. The first-order valence-electron chi connectivity index (χ1n) is 4.54. The van der Waals surface area contributed by atoms with E-state index in [1.807, 2.05) is 0 Å². The molecule has 0 aromatic heterocycles. The van der Waals surface area contributed by atoms with E-state index in [0.717, 1.165) is 0 Å². The normalized spacial score (nSPS) is 18.8. The minimum atomic E-state index is -0.623. The van der Waals surface area contributed by atoms with Crippen molar-refractivity contribution < 1.29 is 14.6 Å². The summed E-state index contributed by atoms with van der Waals surface area (Å²) < 4.78 is 6.07. The lowest BCUT2D eigenvalue weighted by molar-refractivity contribution is -0.138. The molecular weight excluding hydrogens is 232 g/mol. The molecule has 0 aliphatic carbocycles. The van der Waals surface area contributed by atoms with E-state index in [0.29, 0.717) is 5.82 Å². The van der Waals surface area contributed by atoms with Crippen LogP contribution >= 0.6 is 12.8 Å². The molecule has 0 bridgehead atoms. The van der Waals surface area contributed by atoms with Crippen molar-refractivity contribution in [3.8, 4) is 0 Å². The van der Waals surface area contributed by atoms with Crippen LogP contribution in [0.25, 0.3) is 0 Å². The van der Waals surface area contributed by atoms with Crippen molar-refractivity contribution in [3.63, 3.8) is 0 Å². The van der Waals surface area contributed by atoms with Gasteiger partial charge in [0, 0.05) is 6.21 Å². The predicted octanol–water partition coefficient (Wildman–Crippen LogP) is 0.0844. The molecule has 0 amide bonds. The van der Waals surface area contributed by atoms with Crippen LogP contribution < -0.4 is 5.53 Å². The molecular formula is C8H10N4O3S. The average molecular weight is 242 g/mol. The molecule has 2 heterocycles. The highest BCUT2D eigenvalue weighted by Gasteiger charge is 2.30. The molecule has 0 saturated carbocycles. The molecule has 2 N–H and O–H groups in total. The molecule has 0 saturated heterocycles. The van der Waals surface area contributed by atoms with E-state index < -0.39 is 5.97 Å². The number of nitrogens with one attached hydrogen (secondary N) is 1. The molecule has 0 fully saturated rings. The topological polar surface area (TPSA) is 77.4 Å². The van der Waals surface area contributed by atoms with Gasteiger partial charge in [0.1, 0.15) is 5.57 Å². The SMILES string of the molecule is CCOC(=O)C1=C(O)N2NN(S)C=C2N=C1. The molecule has 2 aliphatic rings. The molecule has 16 heavy (non-hydrogen) atoms. The molecule has 0 atom stereocenters. The third kappa shape index (κ3) is 1.72. The number of aliphatic imine (C=N–C) groups is 1. The summed E-state index contributed by atoms with van der Waals surface area (Å²) in [5.74, 6) is -0.459. The van der Waals surface area contributed by atoms with Crippen LogP contribution in [0.1, 0.15) is 6.92 Å². The van der Waals surface area contributed by atoms with E-state index >= 15 is 0 Å². The first-order chi connectivity index (χ1) is 7.63.